The van der Waals surface area contributed by atoms with Crippen LogP contribution >= 0.6 is 0 Å². The Labute approximate surface area is 143 Å². The Kier molecular flexibility index (Phi) is 6.41. The molecule has 0 amide bonds. The summed E-state index contributed by atoms with van der Waals surface area (Å²) in [4.78, 5) is 11.4. The summed E-state index contributed by atoms with van der Waals surface area (Å²) in [6, 6.07) is 14.5. The van der Waals surface area contributed by atoms with Crippen LogP contribution in [0.5, 0.6) is 5.75 Å². The van der Waals surface area contributed by atoms with E-state index in [1.54, 1.807) is 12.1 Å². The molecular formula is C18H18F3NO3. The highest BCUT2D eigenvalue weighted by molar-refractivity contribution is 5.73. The van der Waals surface area contributed by atoms with E-state index in [0.29, 0.717) is 12.0 Å². The molecule has 134 valence electrons. The number of ether oxygens (including phenoxy) is 1. The molecule has 2 rings (SSSR count). The Bertz CT molecular complexity index is 689. The molecule has 0 aliphatic carbocycles. The van der Waals surface area contributed by atoms with Crippen molar-refractivity contribution in [2.24, 2.45) is 0 Å². The summed E-state index contributed by atoms with van der Waals surface area (Å²) in [6.07, 6.45) is -4.10. The average Bonchev–Trinajstić information content (AvgIpc) is 2.57. The summed E-state index contributed by atoms with van der Waals surface area (Å²) >= 11 is 0. The number of carboxylic acid groups (broad SMARTS) is 1. The molecule has 2 aromatic carbocycles. The second kappa shape index (κ2) is 8.53. The van der Waals surface area contributed by atoms with Crippen molar-refractivity contribution in [3.05, 3.63) is 65.7 Å². The van der Waals surface area contributed by atoms with Gasteiger partial charge in [-0.25, -0.2) is 0 Å². The van der Waals surface area contributed by atoms with E-state index in [1.165, 1.54) is 12.1 Å². The maximum Gasteiger partial charge on any atom is 0.422 e. The smallest absolute Gasteiger partial charge is 0.422 e. The lowest BCUT2D eigenvalue weighted by atomic mass is 10.1. The lowest BCUT2D eigenvalue weighted by molar-refractivity contribution is -0.153. The van der Waals surface area contributed by atoms with E-state index in [4.69, 9.17) is 4.74 Å². The lowest BCUT2D eigenvalue weighted by Gasteiger charge is -2.15. The molecule has 2 N–H and O–H groups in total. The van der Waals surface area contributed by atoms with Crippen molar-refractivity contribution < 1.29 is 27.8 Å². The van der Waals surface area contributed by atoms with Crippen LogP contribution in [0.1, 0.15) is 11.1 Å². The van der Waals surface area contributed by atoms with Crippen LogP contribution in [0.3, 0.4) is 0 Å². The van der Waals surface area contributed by atoms with Gasteiger partial charge < -0.3 is 15.2 Å². The summed E-state index contributed by atoms with van der Waals surface area (Å²) in [6.45, 7) is -1.16. The maximum absolute atomic E-state index is 12.2. The fourth-order valence-electron chi connectivity index (χ4n) is 2.25. The van der Waals surface area contributed by atoms with Gasteiger partial charge in [-0.05, 0) is 29.7 Å². The maximum atomic E-state index is 12.2. The molecule has 0 saturated carbocycles. The molecule has 0 aliphatic heterocycles. The van der Waals surface area contributed by atoms with E-state index in [9.17, 15) is 23.1 Å². The predicted molar refractivity (Wildman–Crippen MR) is 86.4 cm³/mol. The number of aliphatic carboxylic acids is 1. The van der Waals surface area contributed by atoms with Crippen LogP contribution in [0.4, 0.5) is 13.2 Å². The van der Waals surface area contributed by atoms with Gasteiger partial charge in [0.15, 0.2) is 6.61 Å². The summed E-state index contributed by atoms with van der Waals surface area (Å²) < 4.78 is 41.3. The second-order valence-electron chi connectivity index (χ2n) is 5.51. The third-order valence-corrected chi connectivity index (χ3v) is 3.43. The van der Waals surface area contributed by atoms with Gasteiger partial charge in [-0.15, -0.1) is 0 Å². The number of hydrogen-bond donors (Lipinski definition) is 2. The molecule has 7 heteroatoms. The Morgan fingerprint density at radius 1 is 1.08 bits per heavy atom. The topological polar surface area (TPSA) is 58.6 Å². The number of benzene rings is 2. The molecule has 0 aliphatic rings. The summed E-state index contributed by atoms with van der Waals surface area (Å²) in [5, 5.41) is 12.2. The number of nitrogens with one attached hydrogen (secondary N) is 1. The van der Waals surface area contributed by atoms with Gasteiger partial charge in [-0.1, -0.05) is 42.5 Å². The predicted octanol–water partition coefficient (Wildman–Crippen LogP) is 3.41. The Hall–Kier alpha value is -2.54. The van der Waals surface area contributed by atoms with Gasteiger partial charge in [0.2, 0.25) is 0 Å². The average molecular weight is 353 g/mol. The zero-order valence-corrected chi connectivity index (χ0v) is 13.3. The van der Waals surface area contributed by atoms with Crippen molar-refractivity contribution in [2.75, 3.05) is 6.61 Å². The summed E-state index contributed by atoms with van der Waals surface area (Å²) in [7, 11) is 0. The third-order valence-electron chi connectivity index (χ3n) is 3.43. The number of halogens is 3. The fraction of sp³-hybridized carbons (Fsp3) is 0.278. The SMILES string of the molecule is O=C(O)[C@H](Cc1ccccc1)NCc1cccc(OCC(F)(F)F)c1. The minimum Gasteiger partial charge on any atom is -0.484 e. The molecule has 0 saturated heterocycles. The van der Waals surface area contributed by atoms with E-state index in [2.05, 4.69) is 5.32 Å². The standard InChI is InChI=1S/C18H18F3NO3/c19-18(20,21)12-25-15-8-4-7-14(9-15)11-22-16(17(23)24)10-13-5-2-1-3-6-13/h1-9,16,22H,10-12H2,(H,23,24)/t16-/m0/s1. The van der Waals surface area contributed by atoms with Crippen LogP contribution < -0.4 is 10.1 Å². The number of alkyl halides is 3. The molecule has 0 heterocycles. The normalized spacial score (nSPS) is 12.6. The molecule has 0 unspecified atom stereocenters. The molecule has 1 atom stereocenters. The van der Waals surface area contributed by atoms with Crippen molar-refractivity contribution in [3.8, 4) is 5.75 Å². The molecule has 4 nitrogen and oxygen atoms in total. The molecule has 0 radical (unpaired) electrons. The van der Waals surface area contributed by atoms with Crippen LogP contribution in [0.25, 0.3) is 0 Å². The van der Waals surface area contributed by atoms with Gasteiger partial charge in [-0.3, -0.25) is 4.79 Å². The van der Waals surface area contributed by atoms with Crippen LogP contribution in [0, 0.1) is 0 Å². The first-order valence-corrected chi connectivity index (χ1v) is 7.62. The molecule has 2 aromatic rings. The van der Waals surface area contributed by atoms with Gasteiger partial charge in [-0.2, -0.15) is 13.2 Å². The third kappa shape index (κ3) is 6.84. The minimum absolute atomic E-state index is 0.0894. The first-order chi connectivity index (χ1) is 11.8. The quantitative estimate of drug-likeness (QED) is 0.764. The number of carbonyl (C=O) groups is 1. The highest BCUT2D eigenvalue weighted by Crippen LogP contribution is 2.19. The first kappa shape index (κ1) is 18.8. The van der Waals surface area contributed by atoms with Crippen molar-refractivity contribution in [3.63, 3.8) is 0 Å². The zero-order valence-electron chi connectivity index (χ0n) is 13.3. The number of rotatable bonds is 8. The van der Waals surface area contributed by atoms with Gasteiger partial charge in [0, 0.05) is 6.54 Å². The molecule has 0 aromatic heterocycles. The zero-order chi connectivity index (χ0) is 18.3. The van der Waals surface area contributed by atoms with Gasteiger partial charge >= 0.3 is 12.1 Å². The highest BCUT2D eigenvalue weighted by Gasteiger charge is 2.28. The molecule has 0 spiro atoms. The molecule has 25 heavy (non-hydrogen) atoms. The van der Waals surface area contributed by atoms with Crippen LogP contribution in [-0.4, -0.2) is 29.9 Å². The fourth-order valence-corrected chi connectivity index (χ4v) is 2.25. The Morgan fingerprint density at radius 3 is 2.40 bits per heavy atom. The molecule has 0 bridgehead atoms. The van der Waals surface area contributed by atoms with Gasteiger partial charge in [0.25, 0.3) is 0 Å². The molecule has 0 fully saturated rings. The van der Waals surface area contributed by atoms with Crippen molar-refractivity contribution >= 4 is 5.97 Å². The monoisotopic (exact) mass is 353 g/mol. The lowest BCUT2D eigenvalue weighted by Crippen LogP contribution is -2.38. The van der Waals surface area contributed by atoms with E-state index in [1.807, 2.05) is 30.3 Å². The van der Waals surface area contributed by atoms with Crippen molar-refractivity contribution in [2.45, 2.75) is 25.2 Å². The highest BCUT2D eigenvalue weighted by atomic mass is 19.4. The van der Waals surface area contributed by atoms with Crippen molar-refractivity contribution in [1.29, 1.82) is 0 Å². The Morgan fingerprint density at radius 2 is 1.76 bits per heavy atom. The van der Waals surface area contributed by atoms with E-state index in [0.717, 1.165) is 5.56 Å². The second-order valence-corrected chi connectivity index (χ2v) is 5.51. The molecular weight excluding hydrogens is 335 g/mol. The van der Waals surface area contributed by atoms with Gasteiger partial charge in [0.05, 0.1) is 0 Å². The van der Waals surface area contributed by atoms with Crippen LogP contribution in [0.2, 0.25) is 0 Å². The minimum atomic E-state index is -4.40. The van der Waals surface area contributed by atoms with E-state index < -0.39 is 24.8 Å². The van der Waals surface area contributed by atoms with Gasteiger partial charge in [0.1, 0.15) is 11.8 Å². The number of carboxylic acids is 1. The Balaban J connectivity index is 1.95. The van der Waals surface area contributed by atoms with Crippen molar-refractivity contribution in [1.82, 2.24) is 5.32 Å². The number of hydrogen-bond acceptors (Lipinski definition) is 3. The summed E-state index contributed by atoms with van der Waals surface area (Å²) in [5.41, 5.74) is 1.52. The first-order valence-electron chi connectivity index (χ1n) is 7.62. The van der Waals surface area contributed by atoms with E-state index >= 15 is 0 Å². The summed E-state index contributed by atoms with van der Waals surface area (Å²) in [5.74, 6) is -0.903. The van der Waals surface area contributed by atoms with Crippen LogP contribution in [-0.2, 0) is 17.8 Å². The van der Waals surface area contributed by atoms with Crippen LogP contribution in [0.15, 0.2) is 54.6 Å². The largest absolute Gasteiger partial charge is 0.484 e. The van der Waals surface area contributed by atoms with E-state index in [-0.39, 0.29) is 12.3 Å².